The van der Waals surface area contributed by atoms with Crippen molar-refractivity contribution in [3.8, 4) is 6.07 Å². The number of nitrogens with zero attached hydrogens (tertiary/aromatic N) is 3. The molecule has 6 N–H and O–H groups in total. The molecule has 69 heavy (non-hydrogen) atoms. The largest absolute Gasteiger partial charge is 0.469 e. The number of methoxy groups -OCH3 is 1. The van der Waals surface area contributed by atoms with Crippen LogP contribution in [-0.2, 0) is 28.1 Å². The Morgan fingerprint density at radius 2 is 1.75 bits per heavy atom. The van der Waals surface area contributed by atoms with Crippen LogP contribution >= 0.6 is 7.82 Å². The molecule has 14 unspecified atom stereocenters. The normalized spacial score (nSPS) is 27.8. The van der Waals surface area contributed by atoms with E-state index in [0.717, 1.165) is 11.1 Å². The van der Waals surface area contributed by atoms with Crippen LogP contribution in [0.5, 0.6) is 0 Å². The van der Waals surface area contributed by atoms with Gasteiger partial charge in [0, 0.05) is 43.4 Å². The maximum Gasteiger partial charge on any atom is 0.469 e. The highest BCUT2D eigenvalue weighted by molar-refractivity contribution is 7.46. The van der Waals surface area contributed by atoms with Crippen LogP contribution < -0.4 is 5.32 Å². The van der Waals surface area contributed by atoms with Crippen LogP contribution in [0, 0.1) is 52.3 Å². The summed E-state index contributed by atoms with van der Waals surface area (Å²) in [5, 5.41) is 44.2. The Balaban J connectivity index is 1.71. The zero-order chi connectivity index (χ0) is 52.2. The van der Waals surface area contributed by atoms with Crippen molar-refractivity contribution < 1.29 is 57.6 Å². The summed E-state index contributed by atoms with van der Waals surface area (Å²) in [4.78, 5) is 39.4. The van der Waals surface area contributed by atoms with Crippen LogP contribution in [0.3, 0.4) is 0 Å². The van der Waals surface area contributed by atoms with Crippen LogP contribution in [0.4, 0.5) is 0 Å². The molecule has 0 saturated carbocycles. The van der Waals surface area contributed by atoms with Crippen molar-refractivity contribution in [2.24, 2.45) is 40.9 Å². The molecule has 2 fully saturated rings. The average molecular weight is 989 g/mol. The number of aliphatic hydroxyl groups excluding tert-OH is 3. The zero-order valence-corrected chi connectivity index (χ0v) is 44.7. The number of nitriles is 1. The number of carbonyl (C=O) groups is 1. The highest BCUT2D eigenvalue weighted by atomic mass is 31.2. The third-order valence-electron chi connectivity index (χ3n) is 15.1. The highest BCUT2D eigenvalue weighted by Gasteiger charge is 2.67. The van der Waals surface area contributed by atoms with E-state index in [-0.39, 0.29) is 55.1 Å². The number of ether oxygens (including phenoxy) is 3. The average Bonchev–Trinajstić information content (AvgIpc) is 3.82. The molecule has 15 atom stereocenters. The van der Waals surface area contributed by atoms with E-state index in [4.69, 9.17) is 28.4 Å². The van der Waals surface area contributed by atoms with Crippen molar-refractivity contribution in [1.82, 2.24) is 15.2 Å². The van der Waals surface area contributed by atoms with Gasteiger partial charge in [0.25, 0.3) is 5.91 Å². The van der Waals surface area contributed by atoms with E-state index in [1.165, 1.54) is 25.0 Å². The number of allylic oxidation sites excluding steroid dienone is 8. The molecule has 1 amide bonds. The molecule has 0 radical (unpaired) electrons. The van der Waals surface area contributed by atoms with Crippen molar-refractivity contribution in [2.75, 3.05) is 34.4 Å². The number of oxazole rings is 1. The number of amides is 1. The molecule has 3 rings (SSSR count). The van der Waals surface area contributed by atoms with Gasteiger partial charge in [0.05, 0.1) is 37.0 Å². The number of phosphoric acid groups is 1. The summed E-state index contributed by atoms with van der Waals surface area (Å²) in [7, 11) is -0.0505. The van der Waals surface area contributed by atoms with Gasteiger partial charge in [-0.2, -0.15) is 5.26 Å². The van der Waals surface area contributed by atoms with E-state index in [1.807, 2.05) is 71.9 Å². The molecular formula is C52H85N4O12P. The van der Waals surface area contributed by atoms with Crippen LogP contribution in [-0.4, -0.2) is 124 Å². The van der Waals surface area contributed by atoms with Crippen molar-refractivity contribution in [3.63, 3.8) is 0 Å². The van der Waals surface area contributed by atoms with Crippen LogP contribution in [0.1, 0.15) is 126 Å². The molecule has 2 aliphatic rings. The molecule has 2 aliphatic heterocycles. The summed E-state index contributed by atoms with van der Waals surface area (Å²) in [6, 6.07) is 1.47. The molecule has 0 aliphatic carbocycles. The molecule has 1 spiro atoms. The molecule has 0 bridgehead atoms. The SMILES string of the molecule is COCC(C(O)C(O)C(=O)NCCC(C)c1nc(/C=C/CC2O[C@@]3(CC(O)C2C)OC(C(C)CC(C)C(C)C(C)C(C)/C=C(C)/C(C)=C/C=C/C(C)=C\C#N)C(OP(=O)(O)O)C3(C)C)co1)N(C)C. The Labute approximate surface area is 412 Å². The first-order chi connectivity index (χ1) is 32.1. The molecule has 1 aromatic heterocycles. The van der Waals surface area contributed by atoms with Gasteiger partial charge in [-0.25, -0.2) is 9.55 Å². The standard InChI is InChI=1S/C52H85N4O12P/c1-31(22-24-53)18-16-19-32(2)34(4)26-35(5)38(8)39(9)36(6)27-37(7)47-48(68-69(61,62)63)51(11,12)52(67-47)28-43(57)40(10)44(66-52)21-17-20-41-29-65-50(55-41)33(3)23-25-54-49(60)46(59)45(58)42(30-64-15)56(13)14/h16-20,22,26,29,33,35-40,42-48,57-59H,21,23,25,27-28,30H2,1-15H3,(H,54,60)(H2,61,62,63)/b18-16+,20-17+,31-22-,32-19+,34-26+/t33?,35?,36?,37?,38?,39?,40?,42?,43?,44?,45?,46?,47?,48?,52-/m0/s1. The lowest BCUT2D eigenvalue weighted by molar-refractivity contribution is -0.332. The fourth-order valence-corrected chi connectivity index (χ4v) is 10.2. The summed E-state index contributed by atoms with van der Waals surface area (Å²) in [6.45, 7) is 24.9. The summed E-state index contributed by atoms with van der Waals surface area (Å²) in [5.41, 5.74) is 2.67. The zero-order valence-electron chi connectivity index (χ0n) is 43.8. The number of likely N-dealkylation sites (N-methyl/N-ethyl adjacent to an activating group) is 1. The Bertz CT molecular complexity index is 2050. The van der Waals surface area contributed by atoms with E-state index < -0.39 is 67.6 Å². The quantitative estimate of drug-likeness (QED) is 0.0311. The van der Waals surface area contributed by atoms with Crippen molar-refractivity contribution in [2.45, 2.75) is 163 Å². The van der Waals surface area contributed by atoms with Gasteiger partial charge >= 0.3 is 7.82 Å². The minimum atomic E-state index is -4.99. The van der Waals surface area contributed by atoms with Gasteiger partial charge < -0.3 is 54.0 Å². The topological polar surface area (TPSA) is 237 Å². The fraction of sp³-hybridized carbons (Fsp3) is 0.712. The Morgan fingerprint density at radius 1 is 1.09 bits per heavy atom. The second-order valence-electron chi connectivity index (χ2n) is 20.9. The molecule has 3 heterocycles. The third kappa shape index (κ3) is 16.4. The number of aromatic nitrogens is 1. The molecule has 0 aromatic carbocycles. The van der Waals surface area contributed by atoms with Gasteiger partial charge in [0.15, 0.2) is 17.8 Å². The predicted octanol–water partition coefficient (Wildman–Crippen LogP) is 7.86. The number of phosphoric ester groups is 1. The van der Waals surface area contributed by atoms with Gasteiger partial charge in [-0.05, 0) is 101 Å². The lowest BCUT2D eigenvalue weighted by atomic mass is 9.71. The number of rotatable bonds is 25. The second kappa shape index (κ2) is 26.4. The molecule has 17 heteroatoms. The Kier molecular flexibility index (Phi) is 23.0. The van der Waals surface area contributed by atoms with Gasteiger partial charge in [0.2, 0.25) is 0 Å². The molecule has 390 valence electrons. The molecule has 1 aromatic rings. The first kappa shape index (κ1) is 60.0. The first-order valence-corrected chi connectivity index (χ1v) is 25.9. The maximum atomic E-state index is 12.6. The number of nitrogens with one attached hydrogen (secondary N) is 1. The predicted molar refractivity (Wildman–Crippen MR) is 267 cm³/mol. The second-order valence-corrected chi connectivity index (χ2v) is 22.0. The van der Waals surface area contributed by atoms with E-state index in [9.17, 15) is 34.5 Å². The molecule has 16 nitrogen and oxygen atoms in total. The number of carbonyl (C=O) groups excluding carboxylic acids is 1. The van der Waals surface area contributed by atoms with E-state index in [1.54, 1.807) is 25.1 Å². The smallest absolute Gasteiger partial charge is 0.448 e. The maximum absolute atomic E-state index is 12.6. The van der Waals surface area contributed by atoms with Crippen molar-refractivity contribution in [3.05, 3.63) is 71.0 Å². The first-order valence-electron chi connectivity index (χ1n) is 24.4. The van der Waals surface area contributed by atoms with Gasteiger partial charge in [0.1, 0.15) is 24.2 Å². The van der Waals surface area contributed by atoms with Crippen LogP contribution in [0.2, 0.25) is 0 Å². The third-order valence-corrected chi connectivity index (χ3v) is 15.6. The van der Waals surface area contributed by atoms with Gasteiger partial charge in [-0.15, -0.1) is 0 Å². The summed E-state index contributed by atoms with van der Waals surface area (Å²) in [6.07, 6.45) is 10.4. The lowest BCUT2D eigenvalue weighted by Gasteiger charge is -2.50. The molecular weight excluding hydrogens is 904 g/mol. The Morgan fingerprint density at radius 3 is 2.36 bits per heavy atom. The monoisotopic (exact) mass is 989 g/mol. The minimum absolute atomic E-state index is 0.0899. The van der Waals surface area contributed by atoms with Gasteiger partial charge in [-0.1, -0.05) is 98.3 Å². The fourth-order valence-electron chi connectivity index (χ4n) is 9.57. The van der Waals surface area contributed by atoms with E-state index in [2.05, 4.69) is 57.9 Å². The van der Waals surface area contributed by atoms with Crippen LogP contribution in [0.25, 0.3) is 6.08 Å². The van der Waals surface area contributed by atoms with Crippen LogP contribution in [0.15, 0.2) is 63.9 Å². The summed E-state index contributed by atoms with van der Waals surface area (Å²) < 4.78 is 42.9. The number of aliphatic hydroxyl groups is 3. The summed E-state index contributed by atoms with van der Waals surface area (Å²) in [5.74, 6) is -1.28. The Hall–Kier alpha value is -3.30. The highest BCUT2D eigenvalue weighted by Crippen LogP contribution is 2.59. The van der Waals surface area contributed by atoms with Crippen molar-refractivity contribution >= 4 is 19.8 Å². The number of hydrogen-bond acceptors (Lipinski definition) is 13. The minimum Gasteiger partial charge on any atom is -0.448 e. The van der Waals surface area contributed by atoms with Gasteiger partial charge in [-0.3, -0.25) is 9.32 Å². The molecule has 2 saturated heterocycles. The van der Waals surface area contributed by atoms with E-state index in [0.29, 0.717) is 36.8 Å². The van der Waals surface area contributed by atoms with E-state index >= 15 is 0 Å². The number of hydrogen-bond donors (Lipinski definition) is 6. The summed E-state index contributed by atoms with van der Waals surface area (Å²) >= 11 is 0. The van der Waals surface area contributed by atoms with Crippen molar-refractivity contribution in [1.29, 1.82) is 5.26 Å². The lowest BCUT2D eigenvalue weighted by Crippen LogP contribution is -2.58.